The molecule has 4 rings (SSSR count). The third kappa shape index (κ3) is 5.76. The van der Waals surface area contributed by atoms with E-state index in [9.17, 15) is 13.2 Å². The molecule has 176 valence electrons. The standard InChI is InChI=1S/C23H27F3N6O/c1-33-15-14-32-22(27-28-29-32)21(19-8-5-9-20(16-19)23(24,25)26)31-12-10-30(11-13-31)17-18-6-3-2-4-7-18/h2-9,16,21H,10-15,17H2,1H3/t21-/m0/s1. The van der Waals surface area contributed by atoms with Crippen LogP contribution < -0.4 is 0 Å². The summed E-state index contributed by atoms with van der Waals surface area (Å²) < 4.78 is 47.1. The van der Waals surface area contributed by atoms with Crippen molar-refractivity contribution in [2.45, 2.75) is 25.3 Å². The minimum Gasteiger partial charge on any atom is -0.383 e. The Hall–Kier alpha value is -2.82. The summed E-state index contributed by atoms with van der Waals surface area (Å²) in [5.41, 5.74) is 1.09. The molecule has 0 spiro atoms. The first kappa shape index (κ1) is 23.3. The molecule has 0 bridgehead atoms. The van der Waals surface area contributed by atoms with Crippen LogP contribution in [0.5, 0.6) is 0 Å². The van der Waals surface area contributed by atoms with Gasteiger partial charge < -0.3 is 4.74 Å². The summed E-state index contributed by atoms with van der Waals surface area (Å²) in [5.74, 6) is 0.517. The maximum atomic E-state index is 13.4. The minimum atomic E-state index is -4.42. The Balaban J connectivity index is 1.59. The summed E-state index contributed by atoms with van der Waals surface area (Å²) in [6.45, 7) is 4.62. The maximum absolute atomic E-state index is 13.4. The Kier molecular flexibility index (Phi) is 7.36. The van der Waals surface area contributed by atoms with Crippen LogP contribution in [0.15, 0.2) is 54.6 Å². The zero-order valence-electron chi connectivity index (χ0n) is 18.4. The van der Waals surface area contributed by atoms with E-state index >= 15 is 0 Å². The molecule has 0 unspecified atom stereocenters. The van der Waals surface area contributed by atoms with Gasteiger partial charge in [0, 0.05) is 39.8 Å². The third-order valence-corrected chi connectivity index (χ3v) is 5.86. The van der Waals surface area contributed by atoms with Crippen molar-refractivity contribution >= 4 is 0 Å². The lowest BCUT2D eigenvalue weighted by atomic mass is 10.0. The average Bonchev–Trinajstić information content (AvgIpc) is 3.27. The van der Waals surface area contributed by atoms with Crippen molar-refractivity contribution in [1.29, 1.82) is 0 Å². The van der Waals surface area contributed by atoms with Gasteiger partial charge in [-0.3, -0.25) is 9.80 Å². The first-order valence-electron chi connectivity index (χ1n) is 10.9. The Bertz CT molecular complexity index is 1020. The van der Waals surface area contributed by atoms with E-state index in [1.165, 1.54) is 17.7 Å². The molecular formula is C23H27F3N6O. The van der Waals surface area contributed by atoms with E-state index in [1.807, 2.05) is 18.2 Å². The molecule has 1 saturated heterocycles. The van der Waals surface area contributed by atoms with Gasteiger partial charge >= 0.3 is 6.18 Å². The van der Waals surface area contributed by atoms with Crippen molar-refractivity contribution in [3.05, 3.63) is 77.1 Å². The largest absolute Gasteiger partial charge is 0.416 e. The lowest BCUT2D eigenvalue weighted by Gasteiger charge is -2.39. The molecule has 1 aliphatic rings. The normalized spacial score (nSPS) is 16.7. The number of methoxy groups -OCH3 is 1. The highest BCUT2D eigenvalue weighted by atomic mass is 19.4. The Labute approximate surface area is 190 Å². The topological polar surface area (TPSA) is 59.3 Å². The molecule has 0 aliphatic carbocycles. The third-order valence-electron chi connectivity index (χ3n) is 5.86. The molecule has 0 amide bonds. The highest BCUT2D eigenvalue weighted by Crippen LogP contribution is 2.34. The number of ether oxygens (including phenoxy) is 1. The number of hydrogen-bond acceptors (Lipinski definition) is 6. The molecule has 7 nitrogen and oxygen atoms in total. The van der Waals surface area contributed by atoms with Crippen molar-refractivity contribution in [3.63, 3.8) is 0 Å². The number of tetrazole rings is 1. The Morgan fingerprint density at radius 3 is 2.45 bits per heavy atom. The zero-order chi connectivity index (χ0) is 23.3. The van der Waals surface area contributed by atoms with E-state index in [-0.39, 0.29) is 0 Å². The predicted molar refractivity (Wildman–Crippen MR) is 116 cm³/mol. The van der Waals surface area contributed by atoms with Crippen molar-refractivity contribution < 1.29 is 17.9 Å². The molecule has 0 saturated carbocycles. The number of hydrogen-bond donors (Lipinski definition) is 0. The van der Waals surface area contributed by atoms with E-state index in [0.29, 0.717) is 37.6 Å². The second-order valence-corrected chi connectivity index (χ2v) is 8.08. The molecule has 33 heavy (non-hydrogen) atoms. The van der Waals surface area contributed by atoms with Gasteiger partial charge in [-0.1, -0.05) is 42.5 Å². The second kappa shape index (κ2) is 10.4. The number of benzene rings is 2. The molecule has 1 aliphatic heterocycles. The molecular weight excluding hydrogens is 433 g/mol. The fourth-order valence-electron chi connectivity index (χ4n) is 4.17. The van der Waals surface area contributed by atoms with Crippen LogP contribution in [-0.4, -0.2) is 69.9 Å². The van der Waals surface area contributed by atoms with Gasteiger partial charge in [-0.15, -0.1) is 5.10 Å². The van der Waals surface area contributed by atoms with Crippen LogP contribution in [0.1, 0.15) is 28.6 Å². The Morgan fingerprint density at radius 1 is 1.00 bits per heavy atom. The number of aromatic nitrogens is 4. The number of halogens is 3. The summed E-state index contributed by atoms with van der Waals surface area (Å²) in [7, 11) is 1.58. The number of nitrogens with zero attached hydrogens (tertiary/aromatic N) is 6. The summed E-state index contributed by atoms with van der Waals surface area (Å²) in [5, 5.41) is 12.1. The summed E-state index contributed by atoms with van der Waals surface area (Å²) in [6, 6.07) is 15.2. The van der Waals surface area contributed by atoms with Gasteiger partial charge in [0.05, 0.1) is 24.8 Å². The predicted octanol–water partition coefficient (Wildman–Crippen LogP) is 3.25. The van der Waals surface area contributed by atoms with Crippen LogP contribution in [0, 0.1) is 0 Å². The van der Waals surface area contributed by atoms with Crippen molar-refractivity contribution in [3.8, 4) is 0 Å². The molecule has 2 aromatic carbocycles. The molecule has 3 aromatic rings. The van der Waals surface area contributed by atoms with Crippen molar-refractivity contribution in [2.75, 3.05) is 39.9 Å². The van der Waals surface area contributed by atoms with Crippen LogP contribution in [0.25, 0.3) is 0 Å². The number of piperazine rings is 1. The van der Waals surface area contributed by atoms with Gasteiger partial charge in [0.2, 0.25) is 0 Å². The van der Waals surface area contributed by atoms with Crippen molar-refractivity contribution in [1.82, 2.24) is 30.0 Å². The van der Waals surface area contributed by atoms with Crippen LogP contribution in [0.3, 0.4) is 0 Å². The van der Waals surface area contributed by atoms with Crippen LogP contribution in [0.2, 0.25) is 0 Å². The van der Waals surface area contributed by atoms with Crippen molar-refractivity contribution in [2.24, 2.45) is 0 Å². The Morgan fingerprint density at radius 2 is 1.76 bits per heavy atom. The SMILES string of the molecule is COCCn1nnnc1[C@H](c1cccc(C(F)(F)F)c1)N1CCN(Cc2ccccc2)CC1. The lowest BCUT2D eigenvalue weighted by molar-refractivity contribution is -0.137. The summed E-state index contributed by atoms with van der Waals surface area (Å²) >= 11 is 0. The summed E-state index contributed by atoms with van der Waals surface area (Å²) in [4.78, 5) is 4.51. The van der Waals surface area contributed by atoms with Gasteiger partial charge in [-0.2, -0.15) is 13.2 Å². The fraction of sp³-hybridized carbons (Fsp3) is 0.435. The van der Waals surface area contributed by atoms with Gasteiger partial charge in [-0.25, -0.2) is 4.68 Å². The van der Waals surface area contributed by atoms with Crippen LogP contribution in [0.4, 0.5) is 13.2 Å². The highest BCUT2D eigenvalue weighted by Gasteiger charge is 2.34. The zero-order valence-corrected chi connectivity index (χ0v) is 18.4. The molecule has 0 N–H and O–H groups in total. The van der Waals surface area contributed by atoms with Crippen LogP contribution >= 0.6 is 0 Å². The van der Waals surface area contributed by atoms with Gasteiger partial charge in [0.15, 0.2) is 5.82 Å². The number of rotatable bonds is 8. The van der Waals surface area contributed by atoms with E-state index < -0.39 is 17.8 Å². The van der Waals surface area contributed by atoms with E-state index in [0.717, 1.165) is 25.7 Å². The number of alkyl halides is 3. The quantitative estimate of drug-likeness (QED) is 0.515. The van der Waals surface area contributed by atoms with E-state index in [4.69, 9.17) is 4.74 Å². The lowest BCUT2D eigenvalue weighted by Crippen LogP contribution is -2.48. The second-order valence-electron chi connectivity index (χ2n) is 8.08. The molecule has 0 radical (unpaired) electrons. The summed E-state index contributed by atoms with van der Waals surface area (Å²) in [6.07, 6.45) is -4.42. The van der Waals surface area contributed by atoms with Gasteiger partial charge in [0.1, 0.15) is 0 Å². The molecule has 1 aromatic heterocycles. The first-order valence-corrected chi connectivity index (χ1v) is 10.9. The van der Waals surface area contributed by atoms with Crippen LogP contribution in [-0.2, 0) is 24.0 Å². The average molecular weight is 461 g/mol. The molecule has 1 fully saturated rings. The molecule has 1 atom stereocenters. The van der Waals surface area contributed by atoms with E-state index in [1.54, 1.807) is 17.9 Å². The maximum Gasteiger partial charge on any atom is 0.416 e. The van der Waals surface area contributed by atoms with Gasteiger partial charge in [-0.05, 0) is 33.7 Å². The fourth-order valence-corrected chi connectivity index (χ4v) is 4.17. The smallest absolute Gasteiger partial charge is 0.383 e. The molecule has 10 heteroatoms. The van der Waals surface area contributed by atoms with Gasteiger partial charge in [0.25, 0.3) is 0 Å². The first-order chi connectivity index (χ1) is 16.0. The molecule has 2 heterocycles. The minimum absolute atomic E-state index is 0.401. The highest BCUT2D eigenvalue weighted by molar-refractivity contribution is 5.31. The monoisotopic (exact) mass is 460 g/mol. The van der Waals surface area contributed by atoms with E-state index in [2.05, 4.69) is 37.5 Å².